The third kappa shape index (κ3) is 5.03. The molecule has 1 aromatic heterocycles. The highest BCUT2D eigenvalue weighted by molar-refractivity contribution is 14.1. The van der Waals surface area contributed by atoms with Gasteiger partial charge in [0.05, 0.1) is 24.3 Å². The Balaban J connectivity index is 2.10. The third-order valence-corrected chi connectivity index (χ3v) is 6.61. The molecule has 1 atom stereocenters. The largest absolute Gasteiger partial charge is 0.477 e. The molecule has 0 aliphatic rings. The summed E-state index contributed by atoms with van der Waals surface area (Å²) < 4.78 is 9.43. The zero-order chi connectivity index (χ0) is 21.8. The fourth-order valence-corrected chi connectivity index (χ4v) is 5.29. The maximum atomic E-state index is 13.2. The predicted octanol–water partition coefficient (Wildman–Crippen LogP) is 5.67. The number of nitrogens with zero attached hydrogens (tertiary/aromatic N) is 4. The predicted molar refractivity (Wildman–Crippen MR) is 138 cm³/mol. The van der Waals surface area contributed by atoms with Gasteiger partial charge in [0.1, 0.15) is 17.6 Å². The number of ether oxygens (including phenoxy) is 1. The van der Waals surface area contributed by atoms with Crippen LogP contribution in [0.1, 0.15) is 37.6 Å². The summed E-state index contributed by atoms with van der Waals surface area (Å²) >= 11 is 7.75. The minimum absolute atomic E-state index is 0.00851. The van der Waals surface area contributed by atoms with Crippen LogP contribution in [0.15, 0.2) is 44.7 Å². The molecule has 3 rings (SSSR count). The lowest BCUT2D eigenvalue weighted by atomic mass is 10.1. The van der Waals surface area contributed by atoms with Crippen LogP contribution in [0.25, 0.3) is 10.9 Å². The second-order valence-corrected chi connectivity index (χ2v) is 9.80. The van der Waals surface area contributed by atoms with Crippen molar-refractivity contribution in [1.82, 2.24) is 9.66 Å². The van der Waals surface area contributed by atoms with Crippen molar-refractivity contribution >= 4 is 78.2 Å². The van der Waals surface area contributed by atoms with E-state index in [0.717, 1.165) is 23.6 Å². The van der Waals surface area contributed by atoms with Gasteiger partial charge in [0.15, 0.2) is 6.61 Å². The Hall–Kier alpha value is -1.52. The van der Waals surface area contributed by atoms with Gasteiger partial charge in [0.2, 0.25) is 0 Å². The normalized spacial score (nSPS) is 12.3. The first-order valence-corrected chi connectivity index (χ1v) is 12.1. The number of fused-ring (bicyclic) bond motifs is 1. The Morgan fingerprint density at radius 3 is 2.67 bits per heavy atom. The minimum atomic E-state index is -0.203. The lowest BCUT2D eigenvalue weighted by Gasteiger charge is -2.14. The molecule has 0 N–H and O–H groups in total. The van der Waals surface area contributed by atoms with E-state index in [-0.39, 0.29) is 18.1 Å². The molecule has 0 bridgehead atoms. The fraction of sp³-hybridized carbons (Fsp3) is 0.238. The number of benzene rings is 2. The number of hydrogen-bond acceptors (Lipinski definition) is 5. The second-order valence-electron chi connectivity index (χ2n) is 6.56. The monoisotopic (exact) mass is 690 g/mol. The van der Waals surface area contributed by atoms with Crippen LogP contribution in [0, 0.1) is 18.5 Å². The van der Waals surface area contributed by atoms with E-state index < -0.39 is 0 Å². The molecule has 3 aromatic rings. The number of halogens is 3. The van der Waals surface area contributed by atoms with Crippen LogP contribution in [0.3, 0.4) is 0 Å². The van der Waals surface area contributed by atoms with Gasteiger partial charge in [-0.1, -0.05) is 29.8 Å². The highest BCUT2D eigenvalue weighted by atomic mass is 127. The minimum Gasteiger partial charge on any atom is -0.477 e. The van der Waals surface area contributed by atoms with Crippen LogP contribution in [0.5, 0.6) is 5.75 Å². The number of rotatable bonds is 6. The quantitative estimate of drug-likeness (QED) is 0.247. The molecule has 0 aliphatic carbocycles. The van der Waals surface area contributed by atoms with E-state index in [0.29, 0.717) is 22.5 Å². The lowest BCUT2D eigenvalue weighted by Crippen LogP contribution is -2.23. The van der Waals surface area contributed by atoms with E-state index in [1.807, 2.05) is 37.3 Å². The van der Waals surface area contributed by atoms with Crippen molar-refractivity contribution in [3.63, 3.8) is 0 Å². The van der Waals surface area contributed by atoms with Gasteiger partial charge in [-0.05, 0) is 87.5 Å². The zero-order valence-corrected chi connectivity index (χ0v) is 22.1. The van der Waals surface area contributed by atoms with Crippen molar-refractivity contribution in [3.05, 3.63) is 63.7 Å². The topological polar surface area (TPSA) is 80.3 Å². The van der Waals surface area contributed by atoms with Crippen molar-refractivity contribution in [2.24, 2.45) is 5.10 Å². The van der Waals surface area contributed by atoms with Gasteiger partial charge in [0, 0.05) is 10.4 Å². The van der Waals surface area contributed by atoms with Crippen LogP contribution >= 0.6 is 61.1 Å². The highest BCUT2D eigenvalue weighted by Gasteiger charge is 2.16. The van der Waals surface area contributed by atoms with Gasteiger partial charge in [0.25, 0.3) is 5.56 Å². The van der Waals surface area contributed by atoms with Gasteiger partial charge in [-0.25, -0.2) is 4.98 Å². The van der Waals surface area contributed by atoms with Crippen molar-refractivity contribution in [1.29, 1.82) is 5.26 Å². The summed E-state index contributed by atoms with van der Waals surface area (Å²) in [5.41, 5.74) is 1.28. The standard InChI is InChI=1S/C21H17BrI2N4O2/c1-3-12(2)20-27-18-5-4-14(22)10-15(18)21(29)28(20)26-11-13-8-16(23)19(17(24)9-13)30-7-6-25/h4-5,8-12H,3,7H2,1-2H3/t12-/m0/s1. The van der Waals surface area contributed by atoms with E-state index in [4.69, 9.17) is 15.0 Å². The van der Waals surface area contributed by atoms with Crippen molar-refractivity contribution in [2.75, 3.05) is 6.61 Å². The average Bonchev–Trinajstić information content (AvgIpc) is 2.72. The van der Waals surface area contributed by atoms with Gasteiger partial charge in [-0.3, -0.25) is 4.79 Å². The van der Waals surface area contributed by atoms with Crippen LogP contribution in [-0.4, -0.2) is 22.5 Å². The summed E-state index contributed by atoms with van der Waals surface area (Å²) in [7, 11) is 0. The molecule has 0 unspecified atom stereocenters. The number of nitriles is 1. The van der Waals surface area contributed by atoms with Crippen LogP contribution < -0.4 is 10.3 Å². The Morgan fingerprint density at radius 2 is 2.03 bits per heavy atom. The fourth-order valence-electron chi connectivity index (χ4n) is 2.80. The number of hydrogen-bond donors (Lipinski definition) is 0. The second kappa shape index (κ2) is 10.2. The summed E-state index contributed by atoms with van der Waals surface area (Å²) in [4.78, 5) is 17.9. The SMILES string of the molecule is CC[C@H](C)c1nc2ccc(Br)cc2c(=O)n1N=Cc1cc(I)c(OCC#N)c(I)c1. The van der Waals surface area contributed by atoms with Gasteiger partial charge < -0.3 is 4.74 Å². The first-order chi connectivity index (χ1) is 14.3. The van der Waals surface area contributed by atoms with Crippen molar-refractivity contribution < 1.29 is 4.74 Å². The van der Waals surface area contributed by atoms with Crippen LogP contribution in [0.4, 0.5) is 0 Å². The van der Waals surface area contributed by atoms with E-state index in [1.165, 1.54) is 4.68 Å². The van der Waals surface area contributed by atoms with Gasteiger partial charge >= 0.3 is 0 Å². The van der Waals surface area contributed by atoms with E-state index in [2.05, 4.69) is 73.1 Å². The van der Waals surface area contributed by atoms with E-state index >= 15 is 0 Å². The molecule has 0 saturated heterocycles. The molecule has 6 nitrogen and oxygen atoms in total. The highest BCUT2D eigenvalue weighted by Crippen LogP contribution is 2.28. The smallest absolute Gasteiger partial charge is 0.282 e. The first-order valence-electron chi connectivity index (χ1n) is 9.11. The molecule has 0 aliphatic heterocycles. The maximum Gasteiger partial charge on any atom is 0.282 e. The molecule has 2 aromatic carbocycles. The summed E-state index contributed by atoms with van der Waals surface area (Å²) in [6, 6.07) is 11.3. The Bertz CT molecular complexity index is 1210. The number of aromatic nitrogens is 2. The lowest BCUT2D eigenvalue weighted by molar-refractivity contribution is 0.363. The summed E-state index contributed by atoms with van der Waals surface area (Å²) in [5, 5.41) is 13.8. The molecular formula is C21H17BrI2N4O2. The van der Waals surface area contributed by atoms with Gasteiger partial charge in [-0.15, -0.1) is 0 Å². The molecule has 0 radical (unpaired) electrons. The third-order valence-electron chi connectivity index (χ3n) is 4.51. The molecule has 0 amide bonds. The molecule has 0 spiro atoms. The van der Waals surface area contributed by atoms with Crippen LogP contribution in [-0.2, 0) is 0 Å². The molecule has 0 fully saturated rings. The summed E-state index contributed by atoms with van der Waals surface area (Å²) in [5.74, 6) is 1.38. The molecule has 0 saturated carbocycles. The Labute approximate surface area is 209 Å². The van der Waals surface area contributed by atoms with Crippen molar-refractivity contribution in [3.8, 4) is 11.8 Å². The molecular weight excluding hydrogens is 674 g/mol. The molecule has 30 heavy (non-hydrogen) atoms. The molecule has 154 valence electrons. The maximum absolute atomic E-state index is 13.2. The van der Waals surface area contributed by atoms with Crippen LogP contribution in [0.2, 0.25) is 0 Å². The molecule has 9 heteroatoms. The Kier molecular flexibility index (Phi) is 7.86. The first kappa shape index (κ1) is 23.1. The van der Waals surface area contributed by atoms with E-state index in [1.54, 1.807) is 12.3 Å². The summed E-state index contributed by atoms with van der Waals surface area (Å²) in [6.45, 7) is 4.08. The summed E-state index contributed by atoms with van der Waals surface area (Å²) in [6.07, 6.45) is 2.49. The average molecular weight is 691 g/mol. The Morgan fingerprint density at radius 1 is 1.33 bits per heavy atom. The molecule has 1 heterocycles. The van der Waals surface area contributed by atoms with E-state index in [9.17, 15) is 4.79 Å². The zero-order valence-electron chi connectivity index (χ0n) is 16.2. The van der Waals surface area contributed by atoms with Crippen molar-refractivity contribution in [2.45, 2.75) is 26.2 Å². The van der Waals surface area contributed by atoms with Gasteiger partial charge in [-0.2, -0.15) is 15.0 Å².